The monoisotopic (exact) mass is 414 g/mol. The van der Waals surface area contributed by atoms with Gasteiger partial charge in [-0.25, -0.2) is 4.98 Å². The smallest absolute Gasteiger partial charge is 0.422 e. The largest absolute Gasteiger partial charge is 0.484 e. The Morgan fingerprint density at radius 3 is 2.70 bits per heavy atom. The van der Waals surface area contributed by atoms with Gasteiger partial charge in [-0.3, -0.25) is 10.1 Å². The molecule has 0 radical (unpaired) electrons. The Hall–Kier alpha value is -3.69. The number of aryl methyl sites for hydroxylation is 2. The minimum Gasteiger partial charge on any atom is -0.484 e. The molecule has 154 valence electrons. The van der Waals surface area contributed by atoms with Crippen molar-refractivity contribution >= 4 is 0 Å². The molecule has 7 nitrogen and oxygen atoms in total. The molecule has 30 heavy (non-hydrogen) atoms. The molecule has 0 aliphatic heterocycles. The fraction of sp³-hybridized carbons (Fsp3) is 0.200. The molecule has 0 saturated heterocycles. The summed E-state index contributed by atoms with van der Waals surface area (Å²) in [4.78, 5) is 8.74. The second-order valence-corrected chi connectivity index (χ2v) is 6.55. The third-order valence-electron chi connectivity index (χ3n) is 4.37. The predicted octanol–water partition coefficient (Wildman–Crippen LogP) is 3.91. The molecule has 3 aromatic heterocycles. The van der Waals surface area contributed by atoms with Gasteiger partial charge in [-0.15, -0.1) is 5.10 Å². The SMILES string of the molecule is FC(F)(F)COc1ccccc1CCn1cnc(-c2cc(-c3c[nH]nn3)ccn2)c1. The number of aromatic nitrogens is 6. The lowest BCUT2D eigenvalue weighted by molar-refractivity contribution is -0.153. The average Bonchev–Trinajstić information content (AvgIpc) is 3.43. The quantitative estimate of drug-likeness (QED) is 0.496. The van der Waals surface area contributed by atoms with E-state index in [-0.39, 0.29) is 5.75 Å². The molecule has 3 heterocycles. The Labute approximate surface area is 169 Å². The summed E-state index contributed by atoms with van der Waals surface area (Å²) >= 11 is 0. The zero-order valence-electron chi connectivity index (χ0n) is 15.7. The zero-order chi connectivity index (χ0) is 21.0. The lowest BCUT2D eigenvalue weighted by Crippen LogP contribution is -2.19. The Kier molecular flexibility index (Phi) is 5.46. The minimum absolute atomic E-state index is 0.233. The van der Waals surface area contributed by atoms with Crippen molar-refractivity contribution in [1.29, 1.82) is 0 Å². The van der Waals surface area contributed by atoms with Crippen LogP contribution in [0.4, 0.5) is 13.2 Å². The molecule has 0 saturated carbocycles. The lowest BCUT2D eigenvalue weighted by Gasteiger charge is -2.13. The summed E-state index contributed by atoms with van der Waals surface area (Å²) in [6.45, 7) is -0.783. The number of H-pyrrole nitrogens is 1. The number of nitrogens with zero attached hydrogens (tertiary/aromatic N) is 5. The van der Waals surface area contributed by atoms with E-state index in [2.05, 4.69) is 25.4 Å². The van der Waals surface area contributed by atoms with Crippen LogP contribution in [0.2, 0.25) is 0 Å². The average molecular weight is 414 g/mol. The van der Waals surface area contributed by atoms with Gasteiger partial charge < -0.3 is 9.30 Å². The second-order valence-electron chi connectivity index (χ2n) is 6.55. The lowest BCUT2D eigenvalue weighted by atomic mass is 10.1. The van der Waals surface area contributed by atoms with Crippen LogP contribution >= 0.6 is 0 Å². The highest BCUT2D eigenvalue weighted by molar-refractivity contribution is 5.65. The van der Waals surface area contributed by atoms with Crippen LogP contribution in [0.15, 0.2) is 61.3 Å². The molecule has 0 fully saturated rings. The number of halogens is 3. The van der Waals surface area contributed by atoms with Crippen LogP contribution in [0, 0.1) is 0 Å². The van der Waals surface area contributed by atoms with Crippen molar-refractivity contribution < 1.29 is 17.9 Å². The summed E-state index contributed by atoms with van der Waals surface area (Å²) in [6, 6.07) is 10.4. The van der Waals surface area contributed by atoms with Gasteiger partial charge in [0.25, 0.3) is 0 Å². The van der Waals surface area contributed by atoms with Crippen molar-refractivity contribution in [3.63, 3.8) is 0 Å². The number of para-hydroxylation sites is 1. The van der Waals surface area contributed by atoms with Crippen LogP contribution in [0.1, 0.15) is 5.56 Å². The fourth-order valence-electron chi connectivity index (χ4n) is 2.95. The van der Waals surface area contributed by atoms with Crippen LogP contribution in [-0.2, 0) is 13.0 Å². The second kappa shape index (κ2) is 8.36. The molecule has 4 rings (SSSR count). The van der Waals surface area contributed by atoms with E-state index < -0.39 is 12.8 Å². The first-order chi connectivity index (χ1) is 14.5. The number of benzene rings is 1. The van der Waals surface area contributed by atoms with Crippen LogP contribution < -0.4 is 4.74 Å². The minimum atomic E-state index is -4.38. The van der Waals surface area contributed by atoms with Crippen LogP contribution in [0.5, 0.6) is 5.75 Å². The van der Waals surface area contributed by atoms with Gasteiger partial charge in [0.05, 0.1) is 12.0 Å². The number of alkyl halides is 3. The van der Waals surface area contributed by atoms with Gasteiger partial charge in [-0.1, -0.05) is 23.4 Å². The molecular formula is C20H17F3N6O. The topological polar surface area (TPSA) is 81.5 Å². The standard InChI is InChI=1S/C20H17F3N6O/c21-20(22,23)12-30-19-4-2-1-3-14(19)6-8-29-11-18(25-13-29)16-9-15(5-7-24-16)17-10-26-28-27-17/h1-5,7,9-11,13H,6,8,12H2,(H,26,27,28). The summed E-state index contributed by atoms with van der Waals surface area (Å²) in [6.07, 6.45) is 2.99. The molecule has 0 aliphatic carbocycles. The van der Waals surface area contributed by atoms with Crippen molar-refractivity contribution in [2.24, 2.45) is 0 Å². The van der Waals surface area contributed by atoms with Gasteiger partial charge in [0, 0.05) is 30.7 Å². The first-order valence-electron chi connectivity index (χ1n) is 9.10. The van der Waals surface area contributed by atoms with E-state index in [1.165, 1.54) is 0 Å². The molecular weight excluding hydrogens is 397 g/mol. The molecule has 0 spiro atoms. The number of rotatable bonds is 7. The molecule has 1 aromatic carbocycles. The summed E-state index contributed by atoms with van der Waals surface area (Å²) in [5.41, 5.74) is 3.63. The summed E-state index contributed by atoms with van der Waals surface area (Å²) in [5.74, 6) is 0.233. The Morgan fingerprint density at radius 2 is 1.90 bits per heavy atom. The third-order valence-corrected chi connectivity index (χ3v) is 4.37. The number of hydrogen-bond acceptors (Lipinski definition) is 5. The molecule has 1 N–H and O–H groups in total. The molecule has 0 amide bonds. The highest BCUT2D eigenvalue weighted by Crippen LogP contribution is 2.24. The Balaban J connectivity index is 1.45. The number of pyridine rings is 1. The van der Waals surface area contributed by atoms with E-state index in [1.807, 2.05) is 22.9 Å². The zero-order valence-corrected chi connectivity index (χ0v) is 15.7. The molecule has 0 unspecified atom stereocenters. The predicted molar refractivity (Wildman–Crippen MR) is 103 cm³/mol. The van der Waals surface area contributed by atoms with Gasteiger partial charge in [0.2, 0.25) is 0 Å². The van der Waals surface area contributed by atoms with E-state index in [9.17, 15) is 13.2 Å². The van der Waals surface area contributed by atoms with Gasteiger partial charge in [0.15, 0.2) is 6.61 Å². The maximum absolute atomic E-state index is 12.5. The van der Waals surface area contributed by atoms with E-state index in [0.717, 1.165) is 5.56 Å². The van der Waals surface area contributed by atoms with Gasteiger partial charge in [0.1, 0.15) is 17.1 Å². The van der Waals surface area contributed by atoms with Crippen molar-refractivity contribution in [1.82, 2.24) is 29.9 Å². The van der Waals surface area contributed by atoms with Crippen molar-refractivity contribution in [2.45, 2.75) is 19.1 Å². The first-order valence-corrected chi connectivity index (χ1v) is 9.10. The summed E-state index contributed by atoms with van der Waals surface area (Å²) < 4.78 is 44.2. The summed E-state index contributed by atoms with van der Waals surface area (Å²) in [5, 5.41) is 10.4. The van der Waals surface area contributed by atoms with Gasteiger partial charge in [-0.05, 0) is 30.2 Å². The highest BCUT2D eigenvalue weighted by Gasteiger charge is 2.28. The number of ether oxygens (including phenoxy) is 1. The number of nitrogens with one attached hydrogen (secondary N) is 1. The Morgan fingerprint density at radius 1 is 1.03 bits per heavy atom. The number of hydrogen-bond donors (Lipinski definition) is 1. The normalized spacial score (nSPS) is 11.6. The van der Waals surface area contributed by atoms with Crippen molar-refractivity contribution in [3.8, 4) is 28.4 Å². The Bertz CT molecular complexity index is 1110. The third kappa shape index (κ3) is 4.83. The van der Waals surface area contributed by atoms with Crippen LogP contribution in [0.25, 0.3) is 22.6 Å². The van der Waals surface area contributed by atoms with Crippen molar-refractivity contribution in [2.75, 3.05) is 6.61 Å². The van der Waals surface area contributed by atoms with Crippen LogP contribution in [-0.4, -0.2) is 42.7 Å². The molecule has 4 aromatic rings. The molecule has 0 atom stereocenters. The van der Waals surface area contributed by atoms with Gasteiger partial charge >= 0.3 is 6.18 Å². The maximum atomic E-state index is 12.5. The molecule has 10 heteroatoms. The van der Waals surface area contributed by atoms with Gasteiger partial charge in [-0.2, -0.15) is 13.2 Å². The molecule has 0 bridgehead atoms. The maximum Gasteiger partial charge on any atom is 0.422 e. The first kappa shape index (κ1) is 19.6. The number of aromatic amines is 1. The van der Waals surface area contributed by atoms with E-state index in [0.29, 0.717) is 35.6 Å². The summed E-state index contributed by atoms with van der Waals surface area (Å²) in [7, 11) is 0. The highest BCUT2D eigenvalue weighted by atomic mass is 19.4. The fourth-order valence-corrected chi connectivity index (χ4v) is 2.95. The number of imidazole rings is 1. The van der Waals surface area contributed by atoms with E-state index >= 15 is 0 Å². The molecule has 0 aliphatic rings. The van der Waals surface area contributed by atoms with Crippen LogP contribution in [0.3, 0.4) is 0 Å². The van der Waals surface area contributed by atoms with Crippen molar-refractivity contribution in [3.05, 3.63) is 66.9 Å². The van der Waals surface area contributed by atoms with E-state index in [1.54, 1.807) is 43.0 Å². The van der Waals surface area contributed by atoms with E-state index in [4.69, 9.17) is 4.74 Å².